The Bertz CT molecular complexity index is 1340. The third-order valence-corrected chi connectivity index (χ3v) is 10.4. The minimum absolute atomic E-state index is 0.0172. The monoisotopic (exact) mass is 855 g/mol. The molecule has 8 nitrogen and oxygen atoms in total. The molecule has 3 atom stereocenters. The normalized spacial score (nSPS) is 15.2. The number of nitrogens with one attached hydrogen (secondary N) is 1. The third-order valence-electron chi connectivity index (χ3n) is 9.43. The van der Waals surface area contributed by atoms with Crippen LogP contribution in [0.5, 0.6) is 0 Å². The highest BCUT2D eigenvalue weighted by molar-refractivity contribution is 7.45. The van der Waals surface area contributed by atoms with Crippen LogP contribution >= 0.6 is 7.82 Å². The summed E-state index contributed by atoms with van der Waals surface area (Å²) in [4.78, 5) is 25.3. The number of aliphatic hydroxyl groups is 1. The van der Waals surface area contributed by atoms with Crippen molar-refractivity contribution in [1.82, 2.24) is 5.32 Å². The molecule has 0 bridgehead atoms. The van der Waals surface area contributed by atoms with Crippen molar-refractivity contribution < 1.29 is 32.9 Å². The Hall–Kier alpha value is -2.84. The fourth-order valence-electron chi connectivity index (χ4n) is 5.78. The molecule has 0 spiro atoms. The summed E-state index contributed by atoms with van der Waals surface area (Å²) in [7, 11) is 1.21. The van der Waals surface area contributed by atoms with Crippen molar-refractivity contribution in [1.29, 1.82) is 0 Å². The van der Waals surface area contributed by atoms with Gasteiger partial charge in [0, 0.05) is 6.42 Å². The highest BCUT2D eigenvalue weighted by Gasteiger charge is 2.23. The standard InChI is InChI=1S/C51H87N2O6P/c1-6-8-10-12-14-16-18-19-20-21-22-23-24-25-26-27-28-29-30-31-32-33-35-37-39-41-43-45-51(55)52-49(48-59-60(56,57)58-47-46-53(3,4)5)50(54)44-42-40-38-36-34-17-15-13-11-9-7-2/h8,10-11,13-14,16,19-20,22-23,25-26,28-29,34,36,42,44,49-50,54H,6-7,9,12,15,17-18,21,24,27,30-33,35,37-41,43,45-48H2,1-5H3,(H-,52,55,56,57)/b10-8-,13-11+,16-14-,20-19-,23-22-,26-25-,29-28-,36-34+,44-42+. The fourth-order valence-corrected chi connectivity index (χ4v) is 6.50. The first-order chi connectivity index (χ1) is 29.0. The maximum Gasteiger partial charge on any atom is 0.268 e. The number of amides is 1. The van der Waals surface area contributed by atoms with Crippen LogP contribution in [-0.2, 0) is 18.4 Å². The summed E-state index contributed by atoms with van der Waals surface area (Å²) >= 11 is 0. The van der Waals surface area contributed by atoms with Gasteiger partial charge >= 0.3 is 0 Å². The largest absolute Gasteiger partial charge is 0.756 e. The lowest BCUT2D eigenvalue weighted by molar-refractivity contribution is -0.870. The van der Waals surface area contributed by atoms with Gasteiger partial charge in [-0.15, -0.1) is 0 Å². The zero-order valence-electron chi connectivity index (χ0n) is 38.6. The van der Waals surface area contributed by atoms with Gasteiger partial charge in [-0.25, -0.2) is 0 Å². The SMILES string of the molecule is CC/C=C\C/C=C\C/C=C\C/C=C\C/C=C\C/C=C\CCCCCCCCCCC(=O)NC(COP(=O)([O-])OCC[N+](C)(C)C)C(O)/C=C/CC/C=C/CC/C=C/CCC. The molecule has 3 unspecified atom stereocenters. The highest BCUT2D eigenvalue weighted by Crippen LogP contribution is 2.38. The number of phosphoric ester groups is 1. The molecule has 0 saturated carbocycles. The van der Waals surface area contributed by atoms with Crippen molar-refractivity contribution in [3.8, 4) is 0 Å². The van der Waals surface area contributed by atoms with Gasteiger partial charge < -0.3 is 28.8 Å². The van der Waals surface area contributed by atoms with E-state index >= 15 is 0 Å². The Morgan fingerprint density at radius 3 is 1.53 bits per heavy atom. The molecular weight excluding hydrogens is 768 g/mol. The summed E-state index contributed by atoms with van der Waals surface area (Å²) in [5, 5.41) is 13.7. The molecule has 2 N–H and O–H groups in total. The van der Waals surface area contributed by atoms with Crippen LogP contribution in [-0.4, -0.2) is 68.5 Å². The van der Waals surface area contributed by atoms with Gasteiger partial charge in [-0.3, -0.25) is 9.36 Å². The van der Waals surface area contributed by atoms with Gasteiger partial charge in [0.05, 0.1) is 39.9 Å². The molecule has 9 heteroatoms. The molecule has 0 aromatic carbocycles. The first-order valence-corrected chi connectivity index (χ1v) is 24.7. The molecular formula is C51H87N2O6P. The van der Waals surface area contributed by atoms with E-state index in [0.717, 1.165) is 109 Å². The van der Waals surface area contributed by atoms with Crippen molar-refractivity contribution >= 4 is 13.7 Å². The molecule has 1 amide bonds. The number of hydrogen-bond acceptors (Lipinski definition) is 6. The average molecular weight is 855 g/mol. The molecule has 0 heterocycles. The summed E-state index contributed by atoms with van der Waals surface area (Å²) in [5.74, 6) is -0.229. The lowest BCUT2D eigenvalue weighted by Crippen LogP contribution is -2.45. The molecule has 0 saturated heterocycles. The summed E-state index contributed by atoms with van der Waals surface area (Å²) < 4.78 is 23.1. The van der Waals surface area contributed by atoms with Crippen LogP contribution in [0.4, 0.5) is 0 Å². The smallest absolute Gasteiger partial charge is 0.268 e. The van der Waals surface area contributed by atoms with Gasteiger partial charge in [0.2, 0.25) is 5.91 Å². The number of quaternary nitrogens is 1. The third kappa shape index (κ3) is 43.3. The summed E-state index contributed by atoms with van der Waals surface area (Å²) in [6.07, 6.45) is 60.1. The Morgan fingerprint density at radius 1 is 0.600 bits per heavy atom. The van der Waals surface area contributed by atoms with Gasteiger partial charge in [-0.05, 0) is 89.9 Å². The predicted molar refractivity (Wildman–Crippen MR) is 256 cm³/mol. The van der Waals surface area contributed by atoms with E-state index in [2.05, 4.69) is 116 Å². The first kappa shape index (κ1) is 57.2. The van der Waals surface area contributed by atoms with Crippen LogP contribution in [0, 0.1) is 0 Å². The molecule has 0 radical (unpaired) electrons. The quantitative estimate of drug-likeness (QED) is 0.0275. The highest BCUT2D eigenvalue weighted by atomic mass is 31.2. The molecule has 0 aromatic rings. The molecule has 0 fully saturated rings. The molecule has 60 heavy (non-hydrogen) atoms. The van der Waals surface area contributed by atoms with Gasteiger partial charge in [0.25, 0.3) is 7.82 Å². The second-order valence-electron chi connectivity index (χ2n) is 16.4. The predicted octanol–water partition coefficient (Wildman–Crippen LogP) is 12.7. The Labute approximate surface area is 368 Å². The van der Waals surface area contributed by atoms with Crippen LogP contribution in [0.3, 0.4) is 0 Å². The Balaban J connectivity index is 4.32. The fraction of sp³-hybridized carbons (Fsp3) is 0.627. The van der Waals surface area contributed by atoms with Crippen LogP contribution in [0.2, 0.25) is 0 Å². The molecule has 0 aliphatic rings. The van der Waals surface area contributed by atoms with Crippen LogP contribution in [0.1, 0.15) is 155 Å². The lowest BCUT2D eigenvalue weighted by Gasteiger charge is -2.29. The number of allylic oxidation sites excluding steroid dienone is 17. The number of phosphoric acid groups is 1. The number of likely N-dealkylation sites (N-methyl/N-ethyl adjacent to an activating group) is 1. The van der Waals surface area contributed by atoms with E-state index in [4.69, 9.17) is 9.05 Å². The zero-order valence-corrected chi connectivity index (χ0v) is 39.5. The Kier molecular flexibility index (Phi) is 39.5. The van der Waals surface area contributed by atoms with Crippen LogP contribution in [0.15, 0.2) is 109 Å². The van der Waals surface area contributed by atoms with Crippen molar-refractivity contribution in [3.05, 3.63) is 109 Å². The molecule has 0 rings (SSSR count). The summed E-state index contributed by atoms with van der Waals surface area (Å²) in [5.41, 5.74) is 0. The van der Waals surface area contributed by atoms with E-state index < -0.39 is 26.6 Å². The van der Waals surface area contributed by atoms with Gasteiger partial charge in [0.1, 0.15) is 13.2 Å². The first-order valence-electron chi connectivity index (χ1n) is 23.2. The van der Waals surface area contributed by atoms with Crippen molar-refractivity contribution in [2.75, 3.05) is 40.9 Å². The number of unbranched alkanes of at least 4 members (excludes halogenated alkanes) is 11. The van der Waals surface area contributed by atoms with Gasteiger partial charge in [-0.1, -0.05) is 168 Å². The van der Waals surface area contributed by atoms with Crippen molar-refractivity contribution in [2.24, 2.45) is 0 Å². The van der Waals surface area contributed by atoms with E-state index in [1.807, 2.05) is 27.2 Å². The van der Waals surface area contributed by atoms with Crippen LogP contribution in [0.25, 0.3) is 0 Å². The number of carbonyl (C=O) groups is 1. The molecule has 342 valence electrons. The van der Waals surface area contributed by atoms with E-state index in [9.17, 15) is 19.4 Å². The van der Waals surface area contributed by atoms with Crippen molar-refractivity contribution in [2.45, 2.75) is 167 Å². The van der Waals surface area contributed by atoms with Crippen molar-refractivity contribution in [3.63, 3.8) is 0 Å². The van der Waals surface area contributed by atoms with E-state index in [1.165, 1.54) is 25.7 Å². The van der Waals surface area contributed by atoms with Gasteiger partial charge in [-0.2, -0.15) is 0 Å². The molecule has 0 aliphatic heterocycles. The molecule has 0 aromatic heterocycles. The maximum absolute atomic E-state index is 12.9. The number of aliphatic hydroxyl groups excluding tert-OH is 1. The van der Waals surface area contributed by atoms with E-state index in [-0.39, 0.29) is 12.5 Å². The second kappa shape index (κ2) is 41.5. The summed E-state index contributed by atoms with van der Waals surface area (Å²) in [6, 6.07) is -0.920. The number of rotatable bonds is 40. The van der Waals surface area contributed by atoms with E-state index in [1.54, 1.807) is 6.08 Å². The number of hydrogen-bond donors (Lipinski definition) is 2. The van der Waals surface area contributed by atoms with E-state index in [0.29, 0.717) is 17.4 Å². The second-order valence-corrected chi connectivity index (χ2v) is 17.8. The minimum atomic E-state index is -4.61. The van der Waals surface area contributed by atoms with Crippen LogP contribution < -0.4 is 10.2 Å². The Morgan fingerprint density at radius 2 is 1.03 bits per heavy atom. The molecule has 0 aliphatic carbocycles. The maximum atomic E-state index is 12.9. The zero-order chi connectivity index (χ0) is 44.3. The number of carbonyl (C=O) groups excluding carboxylic acids is 1. The topological polar surface area (TPSA) is 108 Å². The summed E-state index contributed by atoms with van der Waals surface area (Å²) in [6.45, 7) is 4.38. The minimum Gasteiger partial charge on any atom is -0.756 e. The number of nitrogens with zero attached hydrogens (tertiary/aromatic N) is 1. The lowest BCUT2D eigenvalue weighted by atomic mass is 10.1. The average Bonchev–Trinajstić information content (AvgIpc) is 3.20. The van der Waals surface area contributed by atoms with Gasteiger partial charge in [0.15, 0.2) is 0 Å².